The van der Waals surface area contributed by atoms with E-state index >= 15 is 0 Å². The highest BCUT2D eigenvalue weighted by molar-refractivity contribution is 5.94. The Morgan fingerprint density at radius 1 is 1.07 bits per heavy atom. The van der Waals surface area contributed by atoms with Crippen molar-refractivity contribution in [3.05, 3.63) is 53.6 Å². The van der Waals surface area contributed by atoms with Gasteiger partial charge in [-0.05, 0) is 25.0 Å². The number of rotatable bonds is 3. The third-order valence-electron chi connectivity index (χ3n) is 4.86. The van der Waals surface area contributed by atoms with Crippen LogP contribution in [0.25, 0.3) is 0 Å². The molecule has 4 rings (SSSR count). The molecular formula is C22H24N4O3. The van der Waals surface area contributed by atoms with Gasteiger partial charge in [-0.25, -0.2) is 0 Å². The van der Waals surface area contributed by atoms with Crippen LogP contribution in [0, 0.1) is 11.8 Å². The summed E-state index contributed by atoms with van der Waals surface area (Å²) in [6, 6.07) is 3.63. The summed E-state index contributed by atoms with van der Waals surface area (Å²) < 4.78 is 11.4. The van der Waals surface area contributed by atoms with Gasteiger partial charge in [0, 0.05) is 62.3 Å². The number of aromatic nitrogens is 2. The number of amides is 1. The van der Waals surface area contributed by atoms with E-state index < -0.39 is 0 Å². The van der Waals surface area contributed by atoms with Crippen molar-refractivity contribution < 1.29 is 14.3 Å². The monoisotopic (exact) mass is 392 g/mol. The second kappa shape index (κ2) is 9.50. The van der Waals surface area contributed by atoms with Crippen molar-refractivity contribution in [2.75, 3.05) is 32.8 Å². The van der Waals surface area contributed by atoms with Crippen molar-refractivity contribution in [2.24, 2.45) is 0 Å². The molecule has 0 saturated carbocycles. The van der Waals surface area contributed by atoms with E-state index in [1.807, 2.05) is 11.0 Å². The van der Waals surface area contributed by atoms with Crippen LogP contribution in [0.15, 0.2) is 36.9 Å². The summed E-state index contributed by atoms with van der Waals surface area (Å²) in [5.41, 5.74) is 1.98. The molecule has 1 amide bonds. The lowest BCUT2D eigenvalue weighted by molar-refractivity contribution is -0.106. The van der Waals surface area contributed by atoms with Crippen LogP contribution in [0.4, 0.5) is 0 Å². The first kappa shape index (κ1) is 19.4. The zero-order chi connectivity index (χ0) is 19.9. The average molecular weight is 392 g/mol. The van der Waals surface area contributed by atoms with Crippen LogP contribution in [0.3, 0.4) is 0 Å². The number of carbonyl (C=O) groups excluding carboxylic acids is 1. The maximum Gasteiger partial charge on any atom is 0.255 e. The second-order valence-corrected chi connectivity index (χ2v) is 7.08. The van der Waals surface area contributed by atoms with E-state index in [0.717, 1.165) is 44.5 Å². The van der Waals surface area contributed by atoms with Gasteiger partial charge in [-0.1, -0.05) is 11.8 Å². The lowest BCUT2D eigenvalue weighted by Crippen LogP contribution is -2.46. The third kappa shape index (κ3) is 5.31. The molecule has 2 saturated heterocycles. The molecule has 2 aromatic heterocycles. The molecule has 1 atom stereocenters. The van der Waals surface area contributed by atoms with Gasteiger partial charge in [0.1, 0.15) is 5.75 Å². The molecule has 2 aliphatic rings. The number of hydrogen-bond donors (Lipinski definition) is 1. The van der Waals surface area contributed by atoms with Gasteiger partial charge < -0.3 is 19.7 Å². The zero-order valence-electron chi connectivity index (χ0n) is 16.3. The van der Waals surface area contributed by atoms with E-state index in [1.165, 1.54) is 0 Å². The Labute approximate surface area is 170 Å². The quantitative estimate of drug-likeness (QED) is 0.803. The number of pyridine rings is 2. The molecule has 0 spiro atoms. The van der Waals surface area contributed by atoms with Gasteiger partial charge >= 0.3 is 0 Å². The maximum atomic E-state index is 12.6. The van der Waals surface area contributed by atoms with E-state index in [2.05, 4.69) is 27.1 Å². The van der Waals surface area contributed by atoms with Gasteiger partial charge in [-0.15, -0.1) is 0 Å². The summed E-state index contributed by atoms with van der Waals surface area (Å²) in [7, 11) is 0. The Kier molecular flexibility index (Phi) is 6.35. The lowest BCUT2D eigenvalue weighted by Gasteiger charge is -2.27. The van der Waals surface area contributed by atoms with Gasteiger partial charge in [-0.2, -0.15) is 0 Å². The normalized spacial score (nSPS) is 19.2. The molecule has 4 heterocycles. The van der Waals surface area contributed by atoms with Gasteiger partial charge in [0.2, 0.25) is 0 Å². The molecule has 1 unspecified atom stereocenters. The highest BCUT2D eigenvalue weighted by Gasteiger charge is 2.18. The molecule has 2 fully saturated rings. The van der Waals surface area contributed by atoms with Crippen LogP contribution in [0.5, 0.6) is 5.75 Å². The predicted octanol–water partition coefficient (Wildman–Crippen LogP) is 1.83. The first-order valence-electron chi connectivity index (χ1n) is 9.98. The fourth-order valence-electron chi connectivity index (χ4n) is 3.33. The largest absolute Gasteiger partial charge is 0.463 e. The summed E-state index contributed by atoms with van der Waals surface area (Å²) in [5, 5.41) is 3.25. The number of hydrogen-bond acceptors (Lipinski definition) is 6. The molecule has 0 aliphatic carbocycles. The Balaban J connectivity index is 1.44. The maximum absolute atomic E-state index is 12.6. The van der Waals surface area contributed by atoms with Crippen molar-refractivity contribution in [3.8, 4) is 17.6 Å². The highest BCUT2D eigenvalue weighted by Crippen LogP contribution is 2.19. The van der Waals surface area contributed by atoms with Crippen molar-refractivity contribution >= 4 is 5.91 Å². The van der Waals surface area contributed by atoms with Gasteiger partial charge in [0.15, 0.2) is 6.29 Å². The van der Waals surface area contributed by atoms with Crippen LogP contribution in [0.2, 0.25) is 0 Å². The number of nitrogens with one attached hydrogen (secondary N) is 1. The molecule has 2 aliphatic heterocycles. The van der Waals surface area contributed by atoms with Crippen LogP contribution in [0.1, 0.15) is 40.7 Å². The topological polar surface area (TPSA) is 76.6 Å². The molecule has 150 valence electrons. The molecule has 2 aromatic rings. The van der Waals surface area contributed by atoms with Crippen molar-refractivity contribution in [1.29, 1.82) is 0 Å². The SMILES string of the molecule is O=C(c1cncc(C#Cc2cncc(OC3CCCCO3)c2)c1)N1CCNCC1. The van der Waals surface area contributed by atoms with Crippen LogP contribution >= 0.6 is 0 Å². The highest BCUT2D eigenvalue weighted by atomic mass is 16.7. The fraction of sp³-hybridized carbons (Fsp3) is 0.409. The second-order valence-electron chi connectivity index (χ2n) is 7.08. The van der Waals surface area contributed by atoms with Gasteiger partial charge in [0.25, 0.3) is 5.91 Å². The summed E-state index contributed by atoms with van der Waals surface area (Å²) in [5.74, 6) is 6.78. The minimum Gasteiger partial charge on any atom is -0.463 e. The van der Waals surface area contributed by atoms with E-state index in [-0.39, 0.29) is 12.2 Å². The summed E-state index contributed by atoms with van der Waals surface area (Å²) >= 11 is 0. The number of nitrogens with zero attached hydrogens (tertiary/aromatic N) is 3. The van der Waals surface area contributed by atoms with E-state index in [0.29, 0.717) is 30.0 Å². The smallest absolute Gasteiger partial charge is 0.255 e. The first-order valence-corrected chi connectivity index (χ1v) is 9.98. The van der Waals surface area contributed by atoms with E-state index in [1.54, 1.807) is 30.9 Å². The van der Waals surface area contributed by atoms with Crippen molar-refractivity contribution in [2.45, 2.75) is 25.6 Å². The zero-order valence-corrected chi connectivity index (χ0v) is 16.3. The van der Waals surface area contributed by atoms with Crippen molar-refractivity contribution in [1.82, 2.24) is 20.2 Å². The van der Waals surface area contributed by atoms with E-state index in [9.17, 15) is 4.79 Å². The Bertz CT molecular complexity index is 910. The molecule has 0 aromatic carbocycles. The Morgan fingerprint density at radius 3 is 2.59 bits per heavy atom. The summed E-state index contributed by atoms with van der Waals surface area (Å²) in [6.45, 7) is 3.77. The Hall–Kier alpha value is -2.95. The van der Waals surface area contributed by atoms with Crippen LogP contribution in [-0.4, -0.2) is 59.9 Å². The third-order valence-corrected chi connectivity index (χ3v) is 4.86. The van der Waals surface area contributed by atoms with Crippen LogP contribution < -0.4 is 10.1 Å². The molecule has 29 heavy (non-hydrogen) atoms. The molecule has 7 heteroatoms. The predicted molar refractivity (Wildman–Crippen MR) is 107 cm³/mol. The summed E-state index contributed by atoms with van der Waals surface area (Å²) in [4.78, 5) is 22.9. The van der Waals surface area contributed by atoms with Gasteiger partial charge in [0.05, 0.1) is 18.4 Å². The van der Waals surface area contributed by atoms with E-state index in [4.69, 9.17) is 9.47 Å². The minimum atomic E-state index is -0.217. The molecule has 1 N–H and O–H groups in total. The van der Waals surface area contributed by atoms with Crippen LogP contribution in [-0.2, 0) is 4.74 Å². The Morgan fingerprint density at radius 2 is 1.83 bits per heavy atom. The summed E-state index contributed by atoms with van der Waals surface area (Å²) in [6.07, 6.45) is 9.45. The number of carbonyl (C=O) groups is 1. The first-order chi connectivity index (χ1) is 14.3. The molecule has 0 bridgehead atoms. The lowest BCUT2D eigenvalue weighted by atomic mass is 10.1. The van der Waals surface area contributed by atoms with Crippen molar-refractivity contribution in [3.63, 3.8) is 0 Å². The molecule has 7 nitrogen and oxygen atoms in total. The number of piperazine rings is 1. The molecule has 0 radical (unpaired) electrons. The fourth-order valence-corrected chi connectivity index (χ4v) is 3.33. The minimum absolute atomic E-state index is 0.00723. The standard InChI is InChI=1S/C22H24N4O3/c27-22(26-8-6-23-7-9-26)19-11-17(13-24-15-19)4-5-18-12-20(16-25-14-18)29-21-3-1-2-10-28-21/h11-16,21,23H,1-3,6-10H2. The molecular weight excluding hydrogens is 368 g/mol. The number of ether oxygens (including phenoxy) is 2. The average Bonchev–Trinajstić information content (AvgIpc) is 2.79. The van der Waals surface area contributed by atoms with Gasteiger partial charge in [-0.3, -0.25) is 14.8 Å².